The van der Waals surface area contributed by atoms with E-state index in [4.69, 9.17) is 4.74 Å². The second kappa shape index (κ2) is 7.61. The molecule has 1 heterocycles. The summed E-state index contributed by atoms with van der Waals surface area (Å²) in [5.74, 6) is 1.07. The van der Waals surface area contributed by atoms with E-state index in [0.29, 0.717) is 24.3 Å². The molecule has 0 atom stereocenters. The number of ketones is 1. The molecule has 0 aliphatic carbocycles. The molecule has 0 radical (unpaired) electrons. The van der Waals surface area contributed by atoms with E-state index < -0.39 is 0 Å². The van der Waals surface area contributed by atoms with Gasteiger partial charge in [0.2, 0.25) is 0 Å². The van der Waals surface area contributed by atoms with E-state index in [1.165, 1.54) is 6.92 Å². The number of aromatic amines is 1. The highest BCUT2D eigenvalue weighted by atomic mass is 16.5. The predicted octanol–water partition coefficient (Wildman–Crippen LogP) is 2.50. The minimum atomic E-state index is -0.218. The first kappa shape index (κ1) is 16.7. The fraction of sp³-hybridized carbons (Fsp3) is 0.211. The van der Waals surface area contributed by atoms with Crippen molar-refractivity contribution in [1.82, 2.24) is 15.3 Å². The summed E-state index contributed by atoms with van der Waals surface area (Å²) in [6.45, 7) is 1.86. The lowest BCUT2D eigenvalue weighted by molar-refractivity contribution is -0.123. The van der Waals surface area contributed by atoms with Gasteiger partial charge in [-0.3, -0.25) is 9.59 Å². The summed E-state index contributed by atoms with van der Waals surface area (Å²) in [5, 5.41) is 2.79. The number of nitrogens with one attached hydrogen (secondary N) is 2. The number of para-hydroxylation sites is 2. The number of nitrogens with zero attached hydrogens (tertiary/aromatic N) is 1. The van der Waals surface area contributed by atoms with E-state index in [1.54, 1.807) is 24.3 Å². The zero-order valence-corrected chi connectivity index (χ0v) is 13.9. The molecule has 0 spiro atoms. The van der Waals surface area contributed by atoms with Crippen molar-refractivity contribution in [2.24, 2.45) is 0 Å². The lowest BCUT2D eigenvalue weighted by Gasteiger charge is -2.07. The first-order valence-corrected chi connectivity index (χ1v) is 8.06. The number of hydrogen-bond acceptors (Lipinski definition) is 4. The van der Waals surface area contributed by atoms with Crippen LogP contribution in [0.4, 0.5) is 0 Å². The van der Waals surface area contributed by atoms with Gasteiger partial charge in [-0.15, -0.1) is 0 Å². The zero-order valence-electron chi connectivity index (χ0n) is 13.9. The maximum absolute atomic E-state index is 11.9. The first-order valence-electron chi connectivity index (χ1n) is 8.06. The number of benzene rings is 2. The summed E-state index contributed by atoms with van der Waals surface area (Å²) in [6.07, 6.45) is 0.611. The molecule has 0 unspecified atom stereocenters. The molecule has 0 bridgehead atoms. The van der Waals surface area contributed by atoms with E-state index in [9.17, 15) is 9.59 Å². The molecular weight excluding hydrogens is 318 g/mol. The van der Waals surface area contributed by atoms with Crippen molar-refractivity contribution in [2.45, 2.75) is 13.3 Å². The molecule has 2 N–H and O–H groups in total. The Morgan fingerprint density at radius 3 is 2.80 bits per heavy atom. The lowest BCUT2D eigenvalue weighted by atomic mass is 10.1. The van der Waals surface area contributed by atoms with Gasteiger partial charge in [0.15, 0.2) is 12.4 Å². The molecule has 0 aliphatic rings. The predicted molar refractivity (Wildman–Crippen MR) is 94.7 cm³/mol. The number of carbonyl (C=O) groups is 2. The second-order valence-corrected chi connectivity index (χ2v) is 5.67. The summed E-state index contributed by atoms with van der Waals surface area (Å²) in [7, 11) is 0. The van der Waals surface area contributed by atoms with Gasteiger partial charge in [0.1, 0.15) is 11.6 Å². The fourth-order valence-electron chi connectivity index (χ4n) is 2.45. The molecule has 0 saturated heterocycles. The Bertz CT molecular complexity index is 869. The maximum Gasteiger partial charge on any atom is 0.257 e. The van der Waals surface area contributed by atoms with Gasteiger partial charge in [-0.2, -0.15) is 0 Å². The molecule has 1 amide bonds. The molecule has 6 nitrogen and oxygen atoms in total. The second-order valence-electron chi connectivity index (χ2n) is 5.67. The van der Waals surface area contributed by atoms with Crippen LogP contribution < -0.4 is 10.1 Å². The molecule has 0 aliphatic heterocycles. The highest BCUT2D eigenvalue weighted by Gasteiger charge is 2.06. The highest BCUT2D eigenvalue weighted by molar-refractivity contribution is 5.94. The van der Waals surface area contributed by atoms with Gasteiger partial charge in [0.25, 0.3) is 5.91 Å². The van der Waals surface area contributed by atoms with Crippen molar-refractivity contribution >= 4 is 22.7 Å². The lowest BCUT2D eigenvalue weighted by Crippen LogP contribution is -2.30. The van der Waals surface area contributed by atoms with Crippen molar-refractivity contribution in [1.29, 1.82) is 0 Å². The Morgan fingerprint density at radius 2 is 2.00 bits per heavy atom. The normalized spacial score (nSPS) is 10.6. The zero-order chi connectivity index (χ0) is 17.6. The smallest absolute Gasteiger partial charge is 0.257 e. The van der Waals surface area contributed by atoms with Gasteiger partial charge in [0, 0.05) is 18.5 Å². The standard InChI is InChI=1S/C19H19N3O3/c1-13(23)14-5-4-6-15(11-14)25-12-19(24)20-10-9-18-21-16-7-2-3-8-17(16)22-18/h2-8,11H,9-10,12H2,1H3,(H,20,24)(H,21,22). The molecule has 2 aromatic carbocycles. The van der Waals surface area contributed by atoms with Gasteiger partial charge in [0.05, 0.1) is 11.0 Å². The Labute approximate surface area is 145 Å². The first-order chi connectivity index (χ1) is 12.1. The molecule has 3 rings (SSSR count). The largest absolute Gasteiger partial charge is 0.484 e. The van der Waals surface area contributed by atoms with Crippen LogP contribution in [0.3, 0.4) is 0 Å². The molecule has 0 fully saturated rings. The van der Waals surface area contributed by atoms with Crippen LogP contribution in [0.1, 0.15) is 23.1 Å². The third-order valence-electron chi connectivity index (χ3n) is 3.73. The minimum Gasteiger partial charge on any atom is -0.484 e. The number of H-pyrrole nitrogens is 1. The van der Waals surface area contributed by atoms with E-state index in [0.717, 1.165) is 16.9 Å². The van der Waals surface area contributed by atoms with E-state index in [-0.39, 0.29) is 18.3 Å². The summed E-state index contributed by atoms with van der Waals surface area (Å²) in [4.78, 5) is 30.9. The number of aromatic nitrogens is 2. The molecule has 3 aromatic rings. The number of hydrogen-bond donors (Lipinski definition) is 2. The molecule has 128 valence electrons. The fourth-order valence-corrected chi connectivity index (χ4v) is 2.45. The summed E-state index contributed by atoms with van der Waals surface area (Å²) < 4.78 is 5.42. The van der Waals surface area contributed by atoms with Crippen LogP contribution in [0, 0.1) is 0 Å². The Balaban J connectivity index is 1.45. The molecule has 1 aromatic heterocycles. The van der Waals surface area contributed by atoms with Gasteiger partial charge >= 0.3 is 0 Å². The SMILES string of the molecule is CC(=O)c1cccc(OCC(=O)NCCc2nc3ccccc3[nH]2)c1. The average Bonchev–Trinajstić information content (AvgIpc) is 3.03. The topological polar surface area (TPSA) is 84.1 Å². The van der Waals surface area contributed by atoms with Crippen LogP contribution in [0.15, 0.2) is 48.5 Å². The van der Waals surface area contributed by atoms with Crippen LogP contribution in [-0.4, -0.2) is 34.8 Å². The van der Waals surface area contributed by atoms with Crippen molar-refractivity contribution in [2.75, 3.05) is 13.2 Å². The van der Waals surface area contributed by atoms with Gasteiger partial charge in [-0.05, 0) is 31.2 Å². The number of imidazole rings is 1. The monoisotopic (exact) mass is 337 g/mol. The Morgan fingerprint density at radius 1 is 1.16 bits per heavy atom. The van der Waals surface area contributed by atoms with Crippen LogP contribution in [0.25, 0.3) is 11.0 Å². The van der Waals surface area contributed by atoms with E-state index in [2.05, 4.69) is 15.3 Å². The van der Waals surface area contributed by atoms with Crippen molar-refractivity contribution in [3.63, 3.8) is 0 Å². The quantitative estimate of drug-likeness (QED) is 0.649. The summed E-state index contributed by atoms with van der Waals surface area (Å²) in [5.41, 5.74) is 2.46. The van der Waals surface area contributed by atoms with Gasteiger partial charge < -0.3 is 15.0 Å². The van der Waals surface area contributed by atoms with Crippen molar-refractivity contribution in [3.05, 3.63) is 59.9 Å². The number of carbonyl (C=O) groups excluding carboxylic acids is 2. The van der Waals surface area contributed by atoms with E-state index in [1.807, 2.05) is 24.3 Å². The van der Waals surface area contributed by atoms with E-state index >= 15 is 0 Å². The number of amides is 1. The third-order valence-corrected chi connectivity index (χ3v) is 3.73. The highest BCUT2D eigenvalue weighted by Crippen LogP contribution is 2.13. The number of Topliss-reactive ketones (excluding diaryl/α,β-unsaturated/α-hetero) is 1. The molecular formula is C19H19N3O3. The Hall–Kier alpha value is -3.15. The number of ether oxygens (including phenoxy) is 1. The van der Waals surface area contributed by atoms with Crippen molar-refractivity contribution in [3.8, 4) is 5.75 Å². The van der Waals surface area contributed by atoms with Gasteiger partial charge in [-0.1, -0.05) is 24.3 Å². The third kappa shape index (κ3) is 4.44. The molecule has 25 heavy (non-hydrogen) atoms. The maximum atomic E-state index is 11.9. The summed E-state index contributed by atoms with van der Waals surface area (Å²) in [6, 6.07) is 14.6. The van der Waals surface area contributed by atoms with Crippen LogP contribution in [0.2, 0.25) is 0 Å². The molecule has 6 heteroatoms. The van der Waals surface area contributed by atoms with Crippen LogP contribution in [0.5, 0.6) is 5.75 Å². The number of rotatable bonds is 7. The van der Waals surface area contributed by atoms with Crippen molar-refractivity contribution < 1.29 is 14.3 Å². The van der Waals surface area contributed by atoms with Crippen LogP contribution in [-0.2, 0) is 11.2 Å². The minimum absolute atomic E-state index is 0.0410. The van der Waals surface area contributed by atoms with Gasteiger partial charge in [-0.25, -0.2) is 4.98 Å². The molecule has 0 saturated carbocycles. The summed E-state index contributed by atoms with van der Waals surface area (Å²) >= 11 is 0. The average molecular weight is 337 g/mol. The Kier molecular flexibility index (Phi) is 5.09. The van der Waals surface area contributed by atoms with Crippen LogP contribution >= 0.6 is 0 Å². The number of fused-ring (bicyclic) bond motifs is 1.